The molecule has 1 aliphatic rings. The Labute approximate surface area is 134 Å². The third-order valence-electron chi connectivity index (χ3n) is 3.69. The van der Waals surface area contributed by atoms with Crippen molar-refractivity contribution >= 4 is 27.7 Å². The van der Waals surface area contributed by atoms with Gasteiger partial charge in [0.2, 0.25) is 0 Å². The molecule has 5 heteroatoms. The van der Waals surface area contributed by atoms with Crippen molar-refractivity contribution in [1.82, 2.24) is 10.3 Å². The van der Waals surface area contributed by atoms with E-state index in [1.54, 1.807) is 0 Å². The number of hydrogen-bond donors (Lipinski definition) is 2. The molecular weight excluding hydrogens is 336 g/mol. The maximum absolute atomic E-state index is 9.82. The molecule has 1 aliphatic carbocycles. The van der Waals surface area contributed by atoms with Crippen LogP contribution in [-0.4, -0.2) is 33.5 Å². The second-order valence-corrected chi connectivity index (χ2v) is 8.12. The van der Waals surface area contributed by atoms with E-state index in [0.29, 0.717) is 11.3 Å². The van der Waals surface area contributed by atoms with E-state index in [1.165, 1.54) is 6.42 Å². The summed E-state index contributed by atoms with van der Waals surface area (Å²) in [6.45, 7) is 4.50. The number of halogens is 1. The Morgan fingerprint density at radius 3 is 2.95 bits per heavy atom. The molecular formula is C15H23BrN2OS. The molecule has 1 aromatic rings. The number of rotatable bonds is 5. The highest BCUT2D eigenvalue weighted by molar-refractivity contribution is 9.10. The normalized spacial score (nSPS) is 26.9. The Balaban J connectivity index is 2.00. The lowest BCUT2D eigenvalue weighted by atomic mass is 9.81. The van der Waals surface area contributed by atoms with Gasteiger partial charge in [0, 0.05) is 27.5 Å². The molecule has 1 aromatic heterocycles. The minimum atomic E-state index is -0.112. The molecule has 2 rings (SSSR count). The average Bonchev–Trinajstić information content (AvgIpc) is 2.41. The summed E-state index contributed by atoms with van der Waals surface area (Å²) in [5, 5.41) is 15.0. The highest BCUT2D eigenvalue weighted by Crippen LogP contribution is 2.38. The predicted molar refractivity (Wildman–Crippen MR) is 88.1 cm³/mol. The van der Waals surface area contributed by atoms with Crippen LogP contribution in [0.3, 0.4) is 0 Å². The van der Waals surface area contributed by atoms with Gasteiger partial charge in [-0.3, -0.25) is 0 Å². The number of hydrogen-bond acceptors (Lipinski definition) is 4. The Hall–Kier alpha value is -0.100. The van der Waals surface area contributed by atoms with Gasteiger partial charge in [-0.2, -0.15) is 0 Å². The molecule has 2 N–H and O–H groups in total. The summed E-state index contributed by atoms with van der Waals surface area (Å²) < 4.78 is 1.01. The average molecular weight is 359 g/mol. The smallest absolute Gasteiger partial charge is 0.0963 e. The standard InChI is InChI=1S/C15H23BrN2OS/c1-11(2)18-15(10-19)7-3-4-13(8-15)20-14-6-5-12(16)9-17-14/h5-6,9,11,13,18-19H,3-4,7-8,10H2,1-2H3. The molecule has 1 saturated carbocycles. The molecule has 0 spiro atoms. The van der Waals surface area contributed by atoms with E-state index in [4.69, 9.17) is 0 Å². The fraction of sp³-hybridized carbons (Fsp3) is 0.667. The van der Waals surface area contributed by atoms with Gasteiger partial charge in [0.15, 0.2) is 0 Å². The van der Waals surface area contributed by atoms with Crippen LogP contribution in [0, 0.1) is 0 Å². The van der Waals surface area contributed by atoms with Crippen LogP contribution >= 0.6 is 27.7 Å². The first-order valence-corrected chi connectivity index (χ1v) is 8.87. The van der Waals surface area contributed by atoms with E-state index in [9.17, 15) is 5.11 Å². The third kappa shape index (κ3) is 4.45. The monoisotopic (exact) mass is 358 g/mol. The van der Waals surface area contributed by atoms with E-state index >= 15 is 0 Å². The highest BCUT2D eigenvalue weighted by Gasteiger charge is 2.36. The summed E-state index contributed by atoms with van der Waals surface area (Å²) in [6, 6.07) is 4.49. The van der Waals surface area contributed by atoms with Gasteiger partial charge >= 0.3 is 0 Å². The van der Waals surface area contributed by atoms with Crippen molar-refractivity contribution in [1.29, 1.82) is 0 Å². The number of thioether (sulfide) groups is 1. The molecule has 0 radical (unpaired) electrons. The molecule has 1 heterocycles. The minimum absolute atomic E-state index is 0.112. The zero-order chi connectivity index (χ0) is 14.6. The fourth-order valence-corrected chi connectivity index (χ4v) is 4.47. The van der Waals surface area contributed by atoms with Crippen LogP contribution in [0.5, 0.6) is 0 Å². The number of aliphatic hydroxyl groups is 1. The molecule has 20 heavy (non-hydrogen) atoms. The number of aromatic nitrogens is 1. The first-order chi connectivity index (χ1) is 9.53. The summed E-state index contributed by atoms with van der Waals surface area (Å²) in [6.07, 6.45) is 6.27. The number of pyridine rings is 1. The quantitative estimate of drug-likeness (QED) is 0.843. The van der Waals surface area contributed by atoms with Crippen molar-refractivity contribution in [2.75, 3.05) is 6.61 Å². The van der Waals surface area contributed by atoms with E-state index in [0.717, 1.165) is 28.8 Å². The molecule has 0 amide bonds. The van der Waals surface area contributed by atoms with Crippen molar-refractivity contribution in [2.24, 2.45) is 0 Å². The molecule has 112 valence electrons. The molecule has 0 aliphatic heterocycles. The highest BCUT2D eigenvalue weighted by atomic mass is 79.9. The van der Waals surface area contributed by atoms with Gasteiger partial charge in [0.1, 0.15) is 0 Å². The van der Waals surface area contributed by atoms with Crippen molar-refractivity contribution in [2.45, 2.75) is 61.4 Å². The maximum Gasteiger partial charge on any atom is 0.0963 e. The van der Waals surface area contributed by atoms with Crippen LogP contribution in [0.1, 0.15) is 39.5 Å². The van der Waals surface area contributed by atoms with Gasteiger partial charge in [0.25, 0.3) is 0 Å². The van der Waals surface area contributed by atoms with Crippen LogP contribution in [-0.2, 0) is 0 Å². The first-order valence-electron chi connectivity index (χ1n) is 7.20. The number of aliphatic hydroxyl groups excluding tert-OH is 1. The SMILES string of the molecule is CC(C)NC1(CO)CCCC(Sc2ccc(Br)cn2)C1. The zero-order valence-corrected chi connectivity index (χ0v) is 14.5. The molecule has 2 atom stereocenters. The second kappa shape index (κ2) is 7.25. The van der Waals surface area contributed by atoms with Gasteiger partial charge in [-0.05, 0) is 47.3 Å². The topological polar surface area (TPSA) is 45.1 Å². The second-order valence-electron chi connectivity index (χ2n) is 5.89. The van der Waals surface area contributed by atoms with Crippen LogP contribution < -0.4 is 5.32 Å². The molecule has 1 fully saturated rings. The van der Waals surface area contributed by atoms with Gasteiger partial charge in [-0.1, -0.05) is 20.3 Å². The van der Waals surface area contributed by atoms with E-state index < -0.39 is 0 Å². The fourth-order valence-electron chi connectivity index (χ4n) is 2.94. The van der Waals surface area contributed by atoms with Gasteiger partial charge in [-0.25, -0.2) is 4.98 Å². The van der Waals surface area contributed by atoms with Gasteiger partial charge in [0.05, 0.1) is 11.6 Å². The largest absolute Gasteiger partial charge is 0.394 e. The van der Waals surface area contributed by atoms with Gasteiger partial charge in [-0.15, -0.1) is 11.8 Å². The van der Waals surface area contributed by atoms with Crippen molar-refractivity contribution < 1.29 is 5.11 Å². The van der Waals surface area contributed by atoms with Crippen molar-refractivity contribution in [3.8, 4) is 0 Å². The third-order valence-corrected chi connectivity index (χ3v) is 5.37. The van der Waals surface area contributed by atoms with Crippen molar-refractivity contribution in [3.63, 3.8) is 0 Å². The maximum atomic E-state index is 9.82. The van der Waals surface area contributed by atoms with Crippen LogP contribution in [0.25, 0.3) is 0 Å². The molecule has 0 bridgehead atoms. The zero-order valence-electron chi connectivity index (χ0n) is 12.1. The van der Waals surface area contributed by atoms with Crippen LogP contribution in [0.4, 0.5) is 0 Å². The lowest BCUT2D eigenvalue weighted by Crippen LogP contribution is -2.54. The Morgan fingerprint density at radius 2 is 2.35 bits per heavy atom. The summed E-state index contributed by atoms with van der Waals surface area (Å²) in [5.41, 5.74) is -0.112. The number of nitrogens with one attached hydrogen (secondary N) is 1. The van der Waals surface area contributed by atoms with Gasteiger partial charge < -0.3 is 10.4 Å². The predicted octanol–water partition coefficient (Wildman–Crippen LogP) is 3.61. The van der Waals surface area contributed by atoms with E-state index in [2.05, 4.69) is 46.1 Å². The molecule has 0 saturated heterocycles. The lowest BCUT2D eigenvalue weighted by molar-refractivity contribution is 0.115. The Bertz CT molecular complexity index is 426. The lowest BCUT2D eigenvalue weighted by Gasteiger charge is -2.41. The summed E-state index contributed by atoms with van der Waals surface area (Å²) in [7, 11) is 0. The summed E-state index contributed by atoms with van der Waals surface area (Å²) in [4.78, 5) is 4.44. The Kier molecular flexibility index (Phi) is 5.90. The van der Waals surface area contributed by atoms with E-state index in [-0.39, 0.29) is 12.1 Å². The molecule has 0 aromatic carbocycles. The summed E-state index contributed by atoms with van der Waals surface area (Å²) >= 11 is 5.25. The van der Waals surface area contributed by atoms with Crippen molar-refractivity contribution in [3.05, 3.63) is 22.8 Å². The Morgan fingerprint density at radius 1 is 1.55 bits per heavy atom. The molecule has 2 unspecified atom stereocenters. The summed E-state index contributed by atoms with van der Waals surface area (Å²) in [5.74, 6) is 0. The minimum Gasteiger partial charge on any atom is -0.394 e. The first kappa shape index (κ1) is 16.3. The van der Waals surface area contributed by atoms with Crippen LogP contribution in [0.2, 0.25) is 0 Å². The van der Waals surface area contributed by atoms with E-state index in [1.807, 2.05) is 24.0 Å². The number of nitrogens with zero attached hydrogens (tertiary/aromatic N) is 1. The molecule has 3 nitrogen and oxygen atoms in total. The van der Waals surface area contributed by atoms with Crippen LogP contribution in [0.15, 0.2) is 27.8 Å².